The molecule has 0 aliphatic heterocycles. The van der Waals surface area contributed by atoms with Crippen molar-refractivity contribution in [1.29, 1.82) is 0 Å². The topological polar surface area (TPSA) is 51.2 Å². The van der Waals surface area contributed by atoms with Crippen molar-refractivity contribution in [3.05, 3.63) is 75.7 Å². The number of ether oxygens (including phenoxy) is 1. The summed E-state index contributed by atoms with van der Waals surface area (Å²) in [6.07, 6.45) is -4.48. The van der Waals surface area contributed by atoms with Gasteiger partial charge in [0.2, 0.25) is 0 Å². The number of para-hydroxylation sites is 1. The molecule has 0 aliphatic carbocycles. The van der Waals surface area contributed by atoms with Crippen molar-refractivity contribution < 1.29 is 22.7 Å². The maximum atomic E-state index is 12.8. The van der Waals surface area contributed by atoms with Gasteiger partial charge in [0, 0.05) is 11.1 Å². The maximum Gasteiger partial charge on any atom is 0.416 e. The van der Waals surface area contributed by atoms with Crippen LogP contribution in [0.2, 0.25) is 0 Å². The van der Waals surface area contributed by atoms with Gasteiger partial charge in [-0.15, -0.1) is 11.3 Å². The number of nitrogens with one attached hydrogen (secondary N) is 1. The lowest BCUT2D eigenvalue weighted by Gasteiger charge is -2.12. The number of benzene rings is 2. The number of alkyl halides is 3. The molecule has 2 aromatic carbocycles. The van der Waals surface area contributed by atoms with Crippen molar-refractivity contribution in [1.82, 2.24) is 4.98 Å². The molecule has 3 aromatic rings. The predicted octanol–water partition coefficient (Wildman–Crippen LogP) is 5.30. The van der Waals surface area contributed by atoms with Gasteiger partial charge in [0.15, 0.2) is 0 Å². The second-order valence-corrected chi connectivity index (χ2v) is 6.74. The highest BCUT2D eigenvalue weighted by molar-refractivity contribution is 7.09. The summed E-state index contributed by atoms with van der Waals surface area (Å²) in [5.74, 6) is -0.230. The third-order valence-electron chi connectivity index (χ3n) is 3.62. The average Bonchev–Trinajstić information content (AvgIpc) is 3.05. The zero-order chi connectivity index (χ0) is 19.4. The van der Waals surface area contributed by atoms with Gasteiger partial charge in [0.05, 0.1) is 21.8 Å². The van der Waals surface area contributed by atoms with Crippen LogP contribution in [0.4, 0.5) is 18.9 Å². The minimum Gasteiger partial charge on any atom is -0.486 e. The number of anilines is 1. The molecular formula is C19H15F3N2O2S. The summed E-state index contributed by atoms with van der Waals surface area (Å²) >= 11 is 1.49. The zero-order valence-electron chi connectivity index (χ0n) is 14.2. The van der Waals surface area contributed by atoms with E-state index in [1.54, 1.807) is 24.3 Å². The number of carbonyl (C=O) groups is 1. The number of hydrogen-bond donors (Lipinski definition) is 1. The summed E-state index contributed by atoms with van der Waals surface area (Å²) in [5.41, 5.74) is 0.191. The van der Waals surface area contributed by atoms with Gasteiger partial charge < -0.3 is 10.1 Å². The Morgan fingerprint density at radius 1 is 1.19 bits per heavy atom. The molecule has 1 N–H and O–H groups in total. The van der Waals surface area contributed by atoms with E-state index in [0.717, 1.165) is 22.8 Å². The zero-order valence-corrected chi connectivity index (χ0v) is 15.0. The molecule has 0 unspecified atom stereocenters. The lowest BCUT2D eigenvalue weighted by molar-refractivity contribution is -0.137. The van der Waals surface area contributed by atoms with E-state index >= 15 is 0 Å². The Morgan fingerprint density at radius 3 is 2.67 bits per heavy atom. The highest BCUT2D eigenvalue weighted by Gasteiger charge is 2.30. The SMILES string of the molecule is Cc1nc(COc2ccccc2C(=O)Nc2cccc(C(F)(F)F)c2)cs1. The van der Waals surface area contributed by atoms with E-state index in [2.05, 4.69) is 10.3 Å². The van der Waals surface area contributed by atoms with Crippen molar-refractivity contribution in [3.63, 3.8) is 0 Å². The molecule has 0 spiro atoms. The molecule has 0 aliphatic rings. The lowest BCUT2D eigenvalue weighted by atomic mass is 10.1. The standard InChI is InChI=1S/C19H15F3N2O2S/c1-12-23-15(11-27-12)10-26-17-8-3-2-7-16(17)18(25)24-14-6-4-5-13(9-14)19(20,21)22/h2-9,11H,10H2,1H3,(H,24,25). The van der Waals surface area contributed by atoms with Crippen LogP contribution in [0.3, 0.4) is 0 Å². The van der Waals surface area contributed by atoms with Crippen molar-refractivity contribution in [2.24, 2.45) is 0 Å². The first-order valence-electron chi connectivity index (χ1n) is 7.94. The lowest BCUT2D eigenvalue weighted by Crippen LogP contribution is -2.14. The van der Waals surface area contributed by atoms with Gasteiger partial charge in [0.25, 0.3) is 5.91 Å². The van der Waals surface area contributed by atoms with E-state index in [1.165, 1.54) is 23.5 Å². The summed E-state index contributed by atoms with van der Waals surface area (Å²) in [6.45, 7) is 2.07. The molecule has 27 heavy (non-hydrogen) atoms. The number of nitrogens with zero attached hydrogens (tertiary/aromatic N) is 1. The molecule has 0 radical (unpaired) electrons. The van der Waals surface area contributed by atoms with Crippen LogP contribution >= 0.6 is 11.3 Å². The van der Waals surface area contributed by atoms with Gasteiger partial charge in [-0.25, -0.2) is 4.98 Å². The molecule has 0 atom stereocenters. The number of carbonyl (C=O) groups excluding carboxylic acids is 1. The van der Waals surface area contributed by atoms with Gasteiger partial charge in [-0.3, -0.25) is 4.79 Å². The average molecular weight is 392 g/mol. The molecule has 8 heteroatoms. The number of aromatic nitrogens is 1. The quantitative estimate of drug-likeness (QED) is 0.641. The van der Waals surface area contributed by atoms with Crippen molar-refractivity contribution in [3.8, 4) is 5.75 Å². The summed E-state index contributed by atoms with van der Waals surface area (Å²) < 4.78 is 44.1. The third kappa shape index (κ3) is 4.85. The normalized spacial score (nSPS) is 11.3. The molecule has 0 fully saturated rings. The largest absolute Gasteiger partial charge is 0.486 e. The van der Waals surface area contributed by atoms with Gasteiger partial charge in [0.1, 0.15) is 12.4 Å². The number of rotatable bonds is 5. The monoisotopic (exact) mass is 392 g/mol. The summed E-state index contributed by atoms with van der Waals surface area (Å²) in [5, 5.41) is 5.25. The highest BCUT2D eigenvalue weighted by atomic mass is 32.1. The molecule has 140 valence electrons. The Bertz CT molecular complexity index is 954. The van der Waals surface area contributed by atoms with Crippen LogP contribution in [0.25, 0.3) is 0 Å². The van der Waals surface area contributed by atoms with Crippen LogP contribution < -0.4 is 10.1 Å². The Labute approximate surface area is 157 Å². The maximum absolute atomic E-state index is 12.8. The fourth-order valence-electron chi connectivity index (χ4n) is 2.38. The second-order valence-electron chi connectivity index (χ2n) is 5.68. The van der Waals surface area contributed by atoms with Gasteiger partial charge in [-0.2, -0.15) is 13.2 Å². The molecule has 1 heterocycles. The van der Waals surface area contributed by atoms with Crippen LogP contribution in [0.15, 0.2) is 53.9 Å². The first kappa shape index (κ1) is 18.9. The van der Waals surface area contributed by atoms with Crippen LogP contribution in [0.5, 0.6) is 5.75 Å². The van der Waals surface area contributed by atoms with E-state index in [9.17, 15) is 18.0 Å². The fourth-order valence-corrected chi connectivity index (χ4v) is 2.98. The van der Waals surface area contributed by atoms with E-state index < -0.39 is 17.6 Å². The highest BCUT2D eigenvalue weighted by Crippen LogP contribution is 2.31. The first-order chi connectivity index (χ1) is 12.8. The van der Waals surface area contributed by atoms with E-state index in [4.69, 9.17) is 4.74 Å². The van der Waals surface area contributed by atoms with Gasteiger partial charge >= 0.3 is 6.18 Å². The van der Waals surface area contributed by atoms with Crippen LogP contribution in [0.1, 0.15) is 26.6 Å². The summed E-state index contributed by atoms with van der Waals surface area (Å²) in [6, 6.07) is 11.0. The Morgan fingerprint density at radius 2 is 1.96 bits per heavy atom. The molecule has 0 saturated heterocycles. The van der Waals surface area contributed by atoms with E-state index in [1.807, 2.05) is 12.3 Å². The smallest absolute Gasteiger partial charge is 0.416 e. The number of halogens is 3. The molecule has 1 amide bonds. The summed E-state index contributed by atoms with van der Waals surface area (Å²) in [7, 11) is 0. The number of hydrogen-bond acceptors (Lipinski definition) is 4. The minimum absolute atomic E-state index is 0.0553. The molecule has 4 nitrogen and oxygen atoms in total. The molecule has 1 aromatic heterocycles. The molecule has 0 saturated carbocycles. The van der Waals surface area contributed by atoms with Crippen LogP contribution in [-0.2, 0) is 12.8 Å². The predicted molar refractivity (Wildman–Crippen MR) is 97.0 cm³/mol. The summed E-state index contributed by atoms with van der Waals surface area (Å²) in [4.78, 5) is 16.8. The van der Waals surface area contributed by atoms with Crippen LogP contribution in [0, 0.1) is 6.92 Å². The Balaban J connectivity index is 1.75. The number of thiazole rings is 1. The van der Waals surface area contributed by atoms with Gasteiger partial charge in [-0.1, -0.05) is 18.2 Å². The second kappa shape index (κ2) is 7.79. The fraction of sp³-hybridized carbons (Fsp3) is 0.158. The third-order valence-corrected chi connectivity index (χ3v) is 4.44. The van der Waals surface area contributed by atoms with Crippen molar-refractivity contribution >= 4 is 22.9 Å². The number of aryl methyl sites for hydroxylation is 1. The van der Waals surface area contributed by atoms with E-state index in [0.29, 0.717) is 5.75 Å². The Kier molecular flexibility index (Phi) is 5.46. The molecule has 3 rings (SSSR count). The Hall–Kier alpha value is -2.87. The number of amides is 1. The minimum atomic E-state index is -4.48. The molecular weight excluding hydrogens is 377 g/mol. The first-order valence-corrected chi connectivity index (χ1v) is 8.82. The molecule has 0 bridgehead atoms. The van der Waals surface area contributed by atoms with Crippen molar-refractivity contribution in [2.45, 2.75) is 19.7 Å². The van der Waals surface area contributed by atoms with Crippen LogP contribution in [-0.4, -0.2) is 10.9 Å². The van der Waals surface area contributed by atoms with E-state index in [-0.39, 0.29) is 17.9 Å². The van der Waals surface area contributed by atoms with Gasteiger partial charge in [-0.05, 0) is 37.3 Å². The van der Waals surface area contributed by atoms with Crippen molar-refractivity contribution in [2.75, 3.05) is 5.32 Å².